The van der Waals surface area contributed by atoms with E-state index < -0.39 is 11.7 Å². The van der Waals surface area contributed by atoms with Gasteiger partial charge in [-0.05, 0) is 34.5 Å². The number of methoxy groups -OCH3 is 1. The van der Waals surface area contributed by atoms with Gasteiger partial charge in [0, 0.05) is 16.9 Å². The fourth-order valence-electron chi connectivity index (χ4n) is 1.50. The lowest BCUT2D eigenvalue weighted by atomic mass is 10.1. The van der Waals surface area contributed by atoms with Crippen LogP contribution in [0.15, 0.2) is 22.7 Å². The van der Waals surface area contributed by atoms with Crippen LogP contribution in [0.3, 0.4) is 0 Å². The van der Waals surface area contributed by atoms with Crippen LogP contribution >= 0.6 is 31.9 Å². The molecule has 0 spiro atoms. The van der Waals surface area contributed by atoms with Crippen LogP contribution in [0.5, 0.6) is 0 Å². The van der Waals surface area contributed by atoms with Gasteiger partial charge in [0.05, 0.1) is 18.2 Å². The van der Waals surface area contributed by atoms with Gasteiger partial charge in [-0.2, -0.15) is 0 Å². The number of alkyl halides is 1. The molecule has 0 saturated heterocycles. The van der Waals surface area contributed by atoms with Gasteiger partial charge in [0.15, 0.2) is 0 Å². The summed E-state index contributed by atoms with van der Waals surface area (Å²) in [7, 11) is 1.56. The topological polar surface area (TPSA) is 38.3 Å². The molecule has 3 nitrogen and oxygen atoms in total. The molecule has 18 heavy (non-hydrogen) atoms. The number of halogens is 3. The zero-order chi connectivity index (χ0) is 13.5. The zero-order valence-corrected chi connectivity index (χ0v) is 13.1. The third-order valence-electron chi connectivity index (χ3n) is 2.35. The summed E-state index contributed by atoms with van der Waals surface area (Å²) in [5.41, 5.74) is 0.0215. The van der Waals surface area contributed by atoms with E-state index in [1.165, 1.54) is 6.07 Å². The van der Waals surface area contributed by atoms with Crippen LogP contribution < -0.4 is 5.32 Å². The van der Waals surface area contributed by atoms with Gasteiger partial charge >= 0.3 is 0 Å². The van der Waals surface area contributed by atoms with Crippen LogP contribution in [0, 0.1) is 5.82 Å². The summed E-state index contributed by atoms with van der Waals surface area (Å²) in [6.45, 7) is 0.392. The largest absolute Gasteiger partial charge is 0.383 e. The number of ether oxygens (including phenoxy) is 1. The lowest BCUT2D eigenvalue weighted by Gasteiger charge is -2.17. The van der Waals surface area contributed by atoms with E-state index in [1.807, 2.05) is 0 Å². The highest BCUT2D eigenvalue weighted by Crippen LogP contribution is 2.19. The van der Waals surface area contributed by atoms with Crippen LogP contribution in [-0.2, 0) is 4.74 Å². The maximum absolute atomic E-state index is 13.6. The summed E-state index contributed by atoms with van der Waals surface area (Å²) in [6.07, 6.45) is 0.714. The first-order chi connectivity index (χ1) is 8.60. The van der Waals surface area contributed by atoms with Gasteiger partial charge < -0.3 is 10.1 Å². The molecular formula is C12H14Br2FNO2. The Balaban J connectivity index is 2.80. The third-order valence-corrected chi connectivity index (χ3v) is 3.47. The van der Waals surface area contributed by atoms with Gasteiger partial charge in [0.1, 0.15) is 5.82 Å². The summed E-state index contributed by atoms with van der Waals surface area (Å²) in [6, 6.07) is 4.29. The predicted molar refractivity (Wildman–Crippen MR) is 75.6 cm³/mol. The second-order valence-electron chi connectivity index (χ2n) is 3.70. The average molecular weight is 383 g/mol. The van der Waals surface area contributed by atoms with Crippen molar-refractivity contribution in [3.05, 3.63) is 34.1 Å². The van der Waals surface area contributed by atoms with E-state index in [4.69, 9.17) is 4.74 Å². The summed E-state index contributed by atoms with van der Waals surface area (Å²) in [4.78, 5) is 12.0. The molecule has 0 aromatic heterocycles. The number of amides is 1. The van der Waals surface area contributed by atoms with Crippen molar-refractivity contribution in [2.75, 3.05) is 19.0 Å². The molecule has 0 saturated carbocycles. The highest BCUT2D eigenvalue weighted by atomic mass is 79.9. The van der Waals surface area contributed by atoms with Crippen molar-refractivity contribution in [3.8, 4) is 0 Å². The number of nitrogens with one attached hydrogen (secondary N) is 1. The van der Waals surface area contributed by atoms with Gasteiger partial charge in [-0.1, -0.05) is 22.0 Å². The SMILES string of the molecule is COCC(CCBr)NC(=O)c1c(F)cccc1Br. The van der Waals surface area contributed by atoms with E-state index in [-0.39, 0.29) is 11.6 Å². The van der Waals surface area contributed by atoms with Gasteiger partial charge in [-0.25, -0.2) is 4.39 Å². The highest BCUT2D eigenvalue weighted by Gasteiger charge is 2.18. The number of carbonyl (C=O) groups excluding carboxylic acids is 1. The fourth-order valence-corrected chi connectivity index (χ4v) is 2.58. The monoisotopic (exact) mass is 381 g/mol. The van der Waals surface area contributed by atoms with Crippen LogP contribution in [0.25, 0.3) is 0 Å². The molecule has 0 aliphatic carbocycles. The number of hydrogen-bond acceptors (Lipinski definition) is 2. The van der Waals surface area contributed by atoms with Crippen LogP contribution in [0.1, 0.15) is 16.8 Å². The first kappa shape index (κ1) is 15.6. The first-order valence-electron chi connectivity index (χ1n) is 5.40. The molecule has 0 fully saturated rings. The van der Waals surface area contributed by atoms with E-state index in [1.54, 1.807) is 19.2 Å². The molecular weight excluding hydrogens is 369 g/mol. The van der Waals surface area contributed by atoms with Crippen LogP contribution in [-0.4, -0.2) is 31.0 Å². The van der Waals surface area contributed by atoms with Crippen LogP contribution in [0.2, 0.25) is 0 Å². The van der Waals surface area contributed by atoms with Crippen molar-refractivity contribution < 1.29 is 13.9 Å². The van der Waals surface area contributed by atoms with Crippen molar-refractivity contribution in [2.24, 2.45) is 0 Å². The number of benzene rings is 1. The molecule has 1 aromatic carbocycles. The average Bonchev–Trinajstić information content (AvgIpc) is 2.29. The van der Waals surface area contributed by atoms with E-state index in [2.05, 4.69) is 37.2 Å². The summed E-state index contributed by atoms with van der Waals surface area (Å²) >= 11 is 6.48. The standard InChI is InChI=1S/C12H14Br2FNO2/c1-18-7-8(5-6-13)16-12(17)11-9(14)3-2-4-10(11)15/h2-4,8H,5-7H2,1H3,(H,16,17). The van der Waals surface area contributed by atoms with E-state index in [9.17, 15) is 9.18 Å². The molecule has 1 rings (SSSR count). The second kappa shape index (κ2) is 7.86. The maximum Gasteiger partial charge on any atom is 0.255 e. The summed E-state index contributed by atoms with van der Waals surface area (Å²) < 4.78 is 19.0. The fraction of sp³-hybridized carbons (Fsp3) is 0.417. The Morgan fingerprint density at radius 1 is 1.56 bits per heavy atom. The minimum atomic E-state index is -0.545. The molecule has 1 unspecified atom stereocenters. The van der Waals surface area contributed by atoms with Gasteiger partial charge in [-0.15, -0.1) is 0 Å². The maximum atomic E-state index is 13.6. The number of hydrogen-bond donors (Lipinski definition) is 1. The molecule has 1 aromatic rings. The van der Waals surface area contributed by atoms with Crippen molar-refractivity contribution >= 4 is 37.8 Å². The minimum absolute atomic E-state index is 0.0215. The quantitative estimate of drug-likeness (QED) is 0.767. The molecule has 100 valence electrons. The van der Waals surface area contributed by atoms with Gasteiger partial charge in [0.25, 0.3) is 5.91 Å². The van der Waals surface area contributed by atoms with Crippen molar-refractivity contribution in [1.29, 1.82) is 0 Å². The normalized spacial score (nSPS) is 12.2. The van der Waals surface area contributed by atoms with Crippen molar-refractivity contribution in [2.45, 2.75) is 12.5 Å². The predicted octanol–water partition coefficient (Wildman–Crippen LogP) is 3.12. The van der Waals surface area contributed by atoms with Gasteiger partial charge in [0.2, 0.25) is 0 Å². The molecule has 0 aliphatic heterocycles. The Hall–Kier alpha value is -0.460. The molecule has 0 aliphatic rings. The lowest BCUT2D eigenvalue weighted by molar-refractivity contribution is 0.0890. The summed E-state index contributed by atoms with van der Waals surface area (Å²) in [5, 5.41) is 3.49. The Labute approximate surface area is 122 Å². The molecule has 1 N–H and O–H groups in total. The number of rotatable bonds is 6. The molecule has 0 heterocycles. The Morgan fingerprint density at radius 2 is 2.28 bits per heavy atom. The van der Waals surface area contributed by atoms with Crippen LogP contribution in [0.4, 0.5) is 4.39 Å². The van der Waals surface area contributed by atoms with E-state index in [0.29, 0.717) is 17.5 Å². The first-order valence-corrected chi connectivity index (χ1v) is 7.31. The Bertz CT molecular complexity index is 389. The molecule has 0 radical (unpaired) electrons. The highest BCUT2D eigenvalue weighted by molar-refractivity contribution is 9.10. The molecule has 1 atom stereocenters. The van der Waals surface area contributed by atoms with Gasteiger partial charge in [-0.3, -0.25) is 4.79 Å². The number of carbonyl (C=O) groups is 1. The van der Waals surface area contributed by atoms with Crippen molar-refractivity contribution in [3.63, 3.8) is 0 Å². The van der Waals surface area contributed by atoms with E-state index >= 15 is 0 Å². The smallest absolute Gasteiger partial charge is 0.255 e. The zero-order valence-electron chi connectivity index (χ0n) is 9.88. The van der Waals surface area contributed by atoms with E-state index in [0.717, 1.165) is 5.33 Å². The lowest BCUT2D eigenvalue weighted by Crippen LogP contribution is -2.38. The molecule has 1 amide bonds. The minimum Gasteiger partial charge on any atom is -0.383 e. The van der Waals surface area contributed by atoms with Crippen molar-refractivity contribution in [1.82, 2.24) is 5.32 Å². The third kappa shape index (κ3) is 4.33. The second-order valence-corrected chi connectivity index (χ2v) is 5.35. The molecule has 6 heteroatoms. The summed E-state index contributed by atoms with van der Waals surface area (Å²) in [5.74, 6) is -0.986. The molecule has 0 bridgehead atoms. The Morgan fingerprint density at radius 3 is 2.83 bits per heavy atom. The Kier molecular flexibility index (Phi) is 6.81.